The molecular formula is C20H26F3IN6O. The van der Waals surface area contributed by atoms with Gasteiger partial charge in [-0.25, -0.2) is 9.97 Å². The molecule has 0 bridgehead atoms. The summed E-state index contributed by atoms with van der Waals surface area (Å²) in [6, 6.07) is 10.6. The number of aromatic nitrogens is 2. The number of benzene rings is 1. The van der Waals surface area contributed by atoms with Gasteiger partial charge in [0, 0.05) is 52.3 Å². The van der Waals surface area contributed by atoms with Crippen LogP contribution >= 0.6 is 24.0 Å². The number of rotatable bonds is 6. The summed E-state index contributed by atoms with van der Waals surface area (Å²) in [4.78, 5) is 13.7. The van der Waals surface area contributed by atoms with Crippen LogP contribution in [0.2, 0.25) is 0 Å². The third-order valence-electron chi connectivity index (χ3n) is 4.64. The van der Waals surface area contributed by atoms with Gasteiger partial charge in [0.25, 0.3) is 0 Å². The summed E-state index contributed by atoms with van der Waals surface area (Å²) in [5.41, 5.74) is -0.968. The van der Waals surface area contributed by atoms with Crippen LogP contribution in [0.5, 0.6) is 5.75 Å². The molecule has 31 heavy (non-hydrogen) atoms. The highest BCUT2D eigenvalue weighted by atomic mass is 127. The molecule has 2 aromatic rings. The molecular weight excluding hydrogens is 524 g/mol. The molecule has 2 heterocycles. The van der Waals surface area contributed by atoms with Gasteiger partial charge in [-0.1, -0.05) is 18.2 Å². The van der Waals surface area contributed by atoms with Gasteiger partial charge in [-0.3, -0.25) is 4.99 Å². The molecule has 170 valence electrons. The number of nitrogens with zero attached hydrogens (tertiary/aromatic N) is 4. The molecule has 0 saturated carbocycles. The lowest BCUT2D eigenvalue weighted by Gasteiger charge is -2.34. The Balaban J connectivity index is 0.00000341. The van der Waals surface area contributed by atoms with E-state index in [1.807, 2.05) is 30.3 Å². The van der Waals surface area contributed by atoms with E-state index in [1.165, 1.54) is 0 Å². The Hall–Kier alpha value is -2.31. The molecule has 0 radical (unpaired) electrons. The Morgan fingerprint density at radius 2 is 1.87 bits per heavy atom. The third kappa shape index (κ3) is 7.71. The number of para-hydroxylation sites is 1. The first-order valence-corrected chi connectivity index (χ1v) is 9.77. The predicted molar refractivity (Wildman–Crippen MR) is 124 cm³/mol. The van der Waals surface area contributed by atoms with E-state index < -0.39 is 11.9 Å². The average molecular weight is 550 g/mol. The average Bonchev–Trinajstić information content (AvgIpc) is 2.75. The zero-order chi connectivity index (χ0) is 21.4. The van der Waals surface area contributed by atoms with Gasteiger partial charge >= 0.3 is 6.18 Å². The largest absolute Gasteiger partial charge is 0.490 e. The van der Waals surface area contributed by atoms with Gasteiger partial charge < -0.3 is 20.3 Å². The van der Waals surface area contributed by atoms with E-state index in [1.54, 1.807) is 7.05 Å². The van der Waals surface area contributed by atoms with E-state index in [9.17, 15) is 13.2 Å². The number of guanidine groups is 1. The van der Waals surface area contributed by atoms with Crippen molar-refractivity contribution in [1.82, 2.24) is 20.2 Å². The van der Waals surface area contributed by atoms with E-state index in [0.29, 0.717) is 13.1 Å². The maximum Gasteiger partial charge on any atom is 0.433 e. The van der Waals surface area contributed by atoms with Gasteiger partial charge in [0.1, 0.15) is 17.5 Å². The normalized spacial score (nSPS) is 15.2. The third-order valence-corrected chi connectivity index (χ3v) is 4.64. The summed E-state index contributed by atoms with van der Waals surface area (Å²) >= 11 is 0. The van der Waals surface area contributed by atoms with Gasteiger partial charge in [0.05, 0.1) is 0 Å². The van der Waals surface area contributed by atoms with Crippen molar-refractivity contribution in [2.24, 2.45) is 4.99 Å². The second-order valence-electron chi connectivity index (χ2n) is 6.78. The van der Waals surface area contributed by atoms with Crippen LogP contribution < -0.4 is 15.4 Å². The van der Waals surface area contributed by atoms with Gasteiger partial charge in [-0.05, 0) is 18.2 Å². The number of piperidine rings is 1. The Morgan fingerprint density at radius 3 is 2.52 bits per heavy atom. The van der Waals surface area contributed by atoms with Crippen LogP contribution in [0.4, 0.5) is 19.1 Å². The number of hydrogen-bond donors (Lipinski definition) is 2. The van der Waals surface area contributed by atoms with Gasteiger partial charge in [-0.2, -0.15) is 13.2 Å². The predicted octanol–water partition coefficient (Wildman–Crippen LogP) is 3.64. The molecule has 0 amide bonds. The van der Waals surface area contributed by atoms with Crippen molar-refractivity contribution < 1.29 is 17.9 Å². The maximum absolute atomic E-state index is 12.7. The lowest BCUT2D eigenvalue weighted by molar-refractivity contribution is -0.141. The molecule has 1 aromatic heterocycles. The molecule has 1 aromatic carbocycles. The summed E-state index contributed by atoms with van der Waals surface area (Å²) in [6.07, 6.45) is -1.47. The Morgan fingerprint density at radius 1 is 1.16 bits per heavy atom. The van der Waals surface area contributed by atoms with Crippen LogP contribution in [0.25, 0.3) is 0 Å². The molecule has 1 fully saturated rings. The minimum absolute atomic E-state index is 0. The fourth-order valence-corrected chi connectivity index (χ4v) is 3.16. The Kier molecular flexibility index (Phi) is 9.59. The number of hydrogen-bond acceptors (Lipinski definition) is 5. The molecule has 3 rings (SSSR count). The number of anilines is 1. The second kappa shape index (κ2) is 11.9. The summed E-state index contributed by atoms with van der Waals surface area (Å²) in [5, 5.41) is 6.01. The van der Waals surface area contributed by atoms with E-state index in [0.717, 1.165) is 49.9 Å². The SMILES string of the molecule is CN=C(NCCNc1nccc(C(F)(F)F)n1)N1CCC(Oc2ccccc2)CC1.I. The molecule has 2 N–H and O–H groups in total. The lowest BCUT2D eigenvalue weighted by Crippen LogP contribution is -2.48. The highest BCUT2D eigenvalue weighted by Gasteiger charge is 2.32. The number of ether oxygens (including phenoxy) is 1. The second-order valence-corrected chi connectivity index (χ2v) is 6.78. The topological polar surface area (TPSA) is 74.7 Å². The Labute approximate surface area is 196 Å². The standard InChI is InChI=1S/C20H25F3N6O.HI/c1-24-19(27-12-11-26-18-25-10-7-17(28-18)20(21,22)23)29-13-8-16(9-14-29)30-15-5-3-2-4-6-15;/h2-7,10,16H,8-9,11-14H2,1H3,(H,24,27)(H,25,26,28);1H. The summed E-state index contributed by atoms with van der Waals surface area (Å²) in [6.45, 7) is 2.43. The highest BCUT2D eigenvalue weighted by Crippen LogP contribution is 2.27. The smallest absolute Gasteiger partial charge is 0.433 e. The zero-order valence-corrected chi connectivity index (χ0v) is 19.4. The molecule has 7 nitrogen and oxygen atoms in total. The molecule has 0 aliphatic carbocycles. The number of nitrogens with one attached hydrogen (secondary N) is 2. The first kappa shape index (κ1) is 25.0. The van der Waals surface area contributed by atoms with Crippen LogP contribution in [0.15, 0.2) is 47.6 Å². The molecule has 0 spiro atoms. The number of alkyl halides is 3. The van der Waals surface area contributed by atoms with Crippen molar-refractivity contribution >= 4 is 35.9 Å². The first-order chi connectivity index (χ1) is 14.5. The summed E-state index contributed by atoms with van der Waals surface area (Å²) in [5.74, 6) is 1.57. The summed E-state index contributed by atoms with van der Waals surface area (Å²) < 4.78 is 44.1. The minimum atomic E-state index is -4.49. The van der Waals surface area contributed by atoms with Crippen molar-refractivity contribution in [3.63, 3.8) is 0 Å². The van der Waals surface area contributed by atoms with Gasteiger partial charge in [0.2, 0.25) is 5.95 Å². The molecule has 11 heteroatoms. The molecule has 1 aliphatic heterocycles. The minimum Gasteiger partial charge on any atom is -0.490 e. The zero-order valence-electron chi connectivity index (χ0n) is 17.1. The van der Waals surface area contributed by atoms with E-state index in [2.05, 4.69) is 30.5 Å². The molecule has 1 saturated heterocycles. The molecule has 1 aliphatic rings. The molecule has 0 unspecified atom stereocenters. The number of aliphatic imine (C=N–C) groups is 1. The fraction of sp³-hybridized carbons (Fsp3) is 0.450. The highest BCUT2D eigenvalue weighted by molar-refractivity contribution is 14.0. The van der Waals surface area contributed by atoms with Crippen molar-refractivity contribution in [1.29, 1.82) is 0 Å². The number of likely N-dealkylation sites (tertiary alicyclic amines) is 1. The quantitative estimate of drug-likeness (QED) is 0.248. The van der Waals surface area contributed by atoms with Crippen molar-refractivity contribution in [2.45, 2.75) is 25.1 Å². The van der Waals surface area contributed by atoms with Gasteiger partial charge in [0.15, 0.2) is 5.96 Å². The van der Waals surface area contributed by atoms with E-state index in [4.69, 9.17) is 4.74 Å². The van der Waals surface area contributed by atoms with Gasteiger partial charge in [-0.15, -0.1) is 24.0 Å². The molecule has 0 atom stereocenters. The van der Waals surface area contributed by atoms with E-state index in [-0.39, 0.29) is 36.0 Å². The van der Waals surface area contributed by atoms with Crippen LogP contribution in [-0.2, 0) is 6.18 Å². The number of halogens is 4. The van der Waals surface area contributed by atoms with Crippen LogP contribution in [0.1, 0.15) is 18.5 Å². The van der Waals surface area contributed by atoms with Crippen LogP contribution in [0, 0.1) is 0 Å². The lowest BCUT2D eigenvalue weighted by atomic mass is 10.1. The van der Waals surface area contributed by atoms with Crippen molar-refractivity contribution in [3.05, 3.63) is 48.3 Å². The van der Waals surface area contributed by atoms with Crippen molar-refractivity contribution in [3.8, 4) is 5.75 Å². The van der Waals surface area contributed by atoms with Crippen LogP contribution in [0.3, 0.4) is 0 Å². The monoisotopic (exact) mass is 550 g/mol. The first-order valence-electron chi connectivity index (χ1n) is 9.77. The Bertz CT molecular complexity index is 829. The summed E-state index contributed by atoms with van der Waals surface area (Å²) in [7, 11) is 1.71. The fourth-order valence-electron chi connectivity index (χ4n) is 3.16. The van der Waals surface area contributed by atoms with Crippen LogP contribution in [-0.4, -0.2) is 60.2 Å². The maximum atomic E-state index is 12.7. The van der Waals surface area contributed by atoms with Crippen molar-refractivity contribution in [2.75, 3.05) is 38.5 Å². The van der Waals surface area contributed by atoms with E-state index >= 15 is 0 Å².